The molecule has 0 aliphatic heterocycles. The number of hydrogen-bond acceptors (Lipinski definition) is 3. The summed E-state index contributed by atoms with van der Waals surface area (Å²) < 4.78 is 18.8. The Bertz CT molecular complexity index is 882. The molecule has 0 amide bonds. The molecule has 3 rings (SSSR count). The fourth-order valence-corrected chi connectivity index (χ4v) is 2.75. The van der Waals surface area contributed by atoms with Crippen LogP contribution in [0.3, 0.4) is 0 Å². The molecule has 5 heteroatoms. The lowest BCUT2D eigenvalue weighted by Gasteiger charge is -2.12. The lowest BCUT2D eigenvalue weighted by molar-refractivity contribution is -0.344. The minimum absolute atomic E-state index is 0.281. The predicted octanol–water partition coefficient (Wildman–Crippen LogP) is 3.62. The first-order valence-electron chi connectivity index (χ1n) is 8.28. The van der Waals surface area contributed by atoms with Crippen LogP contribution < -0.4 is 10.3 Å². The van der Waals surface area contributed by atoms with E-state index in [-0.39, 0.29) is 12.4 Å². The summed E-state index contributed by atoms with van der Waals surface area (Å²) in [5, 5.41) is 3.91. The highest BCUT2D eigenvalue weighted by Crippen LogP contribution is 2.26. The first-order valence-corrected chi connectivity index (χ1v) is 8.28. The van der Waals surface area contributed by atoms with Crippen LogP contribution in [0.4, 0.5) is 10.1 Å². The number of carbonyl (C=O) groups excluding carboxylic acids is 1. The largest absolute Gasteiger partial charge is 0.462 e. The Kier molecular flexibility index (Phi) is 5.23. The van der Waals surface area contributed by atoms with E-state index in [2.05, 4.69) is 10.3 Å². The Morgan fingerprint density at radius 3 is 2.76 bits per heavy atom. The zero-order chi connectivity index (χ0) is 17.6. The molecule has 2 N–H and O–H groups in total. The number of fused-ring (bicyclic) bond motifs is 1. The second-order valence-electron chi connectivity index (χ2n) is 5.65. The van der Waals surface area contributed by atoms with Gasteiger partial charge in [-0.05, 0) is 31.0 Å². The topological polar surface area (TPSA) is 52.5 Å². The molecule has 0 radical (unpaired) electrons. The predicted molar refractivity (Wildman–Crippen MR) is 95.1 cm³/mol. The van der Waals surface area contributed by atoms with E-state index in [1.165, 1.54) is 17.7 Å². The first kappa shape index (κ1) is 16.9. The van der Waals surface area contributed by atoms with Crippen molar-refractivity contribution in [1.29, 1.82) is 0 Å². The van der Waals surface area contributed by atoms with Crippen molar-refractivity contribution in [2.24, 2.45) is 0 Å². The van der Waals surface area contributed by atoms with Gasteiger partial charge in [-0.3, -0.25) is 0 Å². The second kappa shape index (κ2) is 7.75. The van der Waals surface area contributed by atoms with Crippen LogP contribution in [-0.4, -0.2) is 19.1 Å². The molecule has 25 heavy (non-hydrogen) atoms. The van der Waals surface area contributed by atoms with Gasteiger partial charge in [-0.15, -0.1) is 0 Å². The number of hydrogen-bond donors (Lipinski definition) is 1. The van der Waals surface area contributed by atoms with Gasteiger partial charge in [0.1, 0.15) is 11.4 Å². The van der Waals surface area contributed by atoms with E-state index in [0.717, 1.165) is 11.9 Å². The molecule has 1 heterocycles. The maximum atomic E-state index is 13.7. The summed E-state index contributed by atoms with van der Waals surface area (Å²) in [5.41, 5.74) is 2.89. The number of ether oxygens (including phenoxy) is 1. The number of aromatic amines is 1. The number of pyridine rings is 1. The van der Waals surface area contributed by atoms with Crippen LogP contribution in [0, 0.1) is 5.82 Å². The van der Waals surface area contributed by atoms with E-state index in [1.807, 2.05) is 30.3 Å². The van der Waals surface area contributed by atoms with Gasteiger partial charge in [0.25, 0.3) is 0 Å². The molecule has 0 atom stereocenters. The molecule has 128 valence electrons. The van der Waals surface area contributed by atoms with E-state index in [0.29, 0.717) is 23.2 Å². The van der Waals surface area contributed by atoms with Gasteiger partial charge in [-0.1, -0.05) is 30.3 Å². The normalized spacial score (nSPS) is 10.6. The van der Waals surface area contributed by atoms with Gasteiger partial charge in [0.2, 0.25) is 5.52 Å². The Hall–Kier alpha value is -2.95. The maximum absolute atomic E-state index is 13.7. The second-order valence-corrected chi connectivity index (χ2v) is 5.65. The zero-order valence-corrected chi connectivity index (χ0v) is 14.0. The van der Waals surface area contributed by atoms with Crippen LogP contribution in [0.25, 0.3) is 10.9 Å². The summed E-state index contributed by atoms with van der Waals surface area (Å²) >= 11 is 0. The molecule has 0 saturated carbocycles. The van der Waals surface area contributed by atoms with E-state index in [9.17, 15) is 9.18 Å². The summed E-state index contributed by atoms with van der Waals surface area (Å²) in [6.07, 6.45) is 2.39. The van der Waals surface area contributed by atoms with Gasteiger partial charge in [-0.2, -0.15) is 0 Å². The van der Waals surface area contributed by atoms with Gasteiger partial charge in [0.15, 0.2) is 6.20 Å². The highest BCUT2D eigenvalue weighted by Gasteiger charge is 2.20. The molecular weight excluding hydrogens is 319 g/mol. The number of H-pyrrole nitrogens is 1. The third kappa shape index (κ3) is 3.94. The molecule has 0 aliphatic carbocycles. The Balaban J connectivity index is 1.92. The Labute approximate surface area is 145 Å². The number of anilines is 1. The van der Waals surface area contributed by atoms with Crippen molar-refractivity contribution in [3.05, 3.63) is 71.7 Å². The molecule has 0 unspecified atom stereocenters. The third-order valence-corrected chi connectivity index (χ3v) is 3.95. The number of aromatic nitrogens is 1. The van der Waals surface area contributed by atoms with Gasteiger partial charge in [-0.25, -0.2) is 14.2 Å². The minimum atomic E-state index is -0.438. The quantitative estimate of drug-likeness (QED) is 0.698. The Morgan fingerprint density at radius 2 is 2.00 bits per heavy atom. The van der Waals surface area contributed by atoms with Crippen LogP contribution >= 0.6 is 0 Å². The lowest BCUT2D eigenvalue weighted by Crippen LogP contribution is -2.17. The number of esters is 1. The monoisotopic (exact) mass is 339 g/mol. The van der Waals surface area contributed by atoms with Crippen LogP contribution in [0.2, 0.25) is 0 Å². The number of carbonyl (C=O) groups is 1. The molecule has 4 nitrogen and oxygen atoms in total. The first-order chi connectivity index (χ1) is 12.2. The van der Waals surface area contributed by atoms with Crippen molar-refractivity contribution in [3.63, 3.8) is 0 Å². The van der Waals surface area contributed by atoms with Crippen LogP contribution in [0.15, 0.2) is 54.7 Å². The highest BCUT2D eigenvalue weighted by atomic mass is 19.1. The summed E-state index contributed by atoms with van der Waals surface area (Å²) in [7, 11) is 0. The summed E-state index contributed by atoms with van der Waals surface area (Å²) in [4.78, 5) is 15.3. The van der Waals surface area contributed by atoms with E-state index in [1.54, 1.807) is 19.2 Å². The van der Waals surface area contributed by atoms with Crippen molar-refractivity contribution < 1.29 is 18.9 Å². The van der Waals surface area contributed by atoms with Gasteiger partial charge >= 0.3 is 5.97 Å². The fraction of sp³-hybridized carbons (Fsp3) is 0.200. The van der Waals surface area contributed by atoms with Crippen molar-refractivity contribution in [3.8, 4) is 0 Å². The molecule has 0 spiro atoms. The Morgan fingerprint density at radius 1 is 1.20 bits per heavy atom. The zero-order valence-electron chi connectivity index (χ0n) is 14.0. The number of rotatable bonds is 6. The van der Waals surface area contributed by atoms with Crippen LogP contribution in [0.5, 0.6) is 0 Å². The minimum Gasteiger partial charge on any atom is -0.462 e. The summed E-state index contributed by atoms with van der Waals surface area (Å²) in [6.45, 7) is 2.65. The third-order valence-electron chi connectivity index (χ3n) is 3.95. The molecular formula is C20H20FN2O2+. The molecule has 0 fully saturated rings. The maximum Gasteiger partial charge on any atom is 0.346 e. The standard InChI is InChI=1S/C20H19FN2O2/c1-2-25-20(24)17-13-23-18-9-8-15(21)12-16(18)19(17)22-11-10-14-6-4-3-5-7-14/h3-9,12-13H,2,10-11H2,1H3,(H,22,23)/p+1. The van der Waals surface area contributed by atoms with Crippen molar-refractivity contribution in [2.75, 3.05) is 18.5 Å². The fourth-order valence-electron chi connectivity index (χ4n) is 2.75. The molecule has 3 aromatic rings. The molecule has 1 aromatic heterocycles. The SMILES string of the molecule is CCOC(=O)c1c[nH+]c2ccc(F)cc2c1NCCc1ccccc1. The highest BCUT2D eigenvalue weighted by molar-refractivity contribution is 6.03. The van der Waals surface area contributed by atoms with Gasteiger partial charge in [0, 0.05) is 12.6 Å². The molecule has 0 saturated heterocycles. The van der Waals surface area contributed by atoms with Gasteiger partial charge < -0.3 is 10.1 Å². The average molecular weight is 339 g/mol. The lowest BCUT2D eigenvalue weighted by atomic mass is 10.1. The molecule has 0 aliphatic rings. The van der Waals surface area contributed by atoms with E-state index < -0.39 is 5.97 Å². The van der Waals surface area contributed by atoms with Crippen LogP contribution in [0.1, 0.15) is 22.8 Å². The van der Waals surface area contributed by atoms with E-state index >= 15 is 0 Å². The number of nitrogens with one attached hydrogen (secondary N) is 2. The average Bonchev–Trinajstić information content (AvgIpc) is 2.63. The van der Waals surface area contributed by atoms with Crippen molar-refractivity contribution in [2.45, 2.75) is 13.3 Å². The molecule has 0 bridgehead atoms. The summed E-state index contributed by atoms with van der Waals surface area (Å²) in [5.74, 6) is -0.792. The number of halogens is 1. The smallest absolute Gasteiger partial charge is 0.346 e. The summed E-state index contributed by atoms with van der Waals surface area (Å²) in [6, 6.07) is 14.5. The van der Waals surface area contributed by atoms with Crippen molar-refractivity contribution >= 4 is 22.6 Å². The van der Waals surface area contributed by atoms with E-state index in [4.69, 9.17) is 4.74 Å². The van der Waals surface area contributed by atoms with Gasteiger partial charge in [0.05, 0.1) is 17.7 Å². The number of benzene rings is 2. The van der Waals surface area contributed by atoms with Crippen LogP contribution in [-0.2, 0) is 11.2 Å². The molecule has 2 aromatic carbocycles. The van der Waals surface area contributed by atoms with Crippen molar-refractivity contribution in [1.82, 2.24) is 0 Å².